The molecule has 14 heteroatoms. The lowest BCUT2D eigenvalue weighted by molar-refractivity contribution is -0.137. The van der Waals surface area contributed by atoms with Crippen LogP contribution in [0.3, 0.4) is 0 Å². The van der Waals surface area contributed by atoms with Crippen molar-refractivity contribution in [2.24, 2.45) is 0 Å². The fraction of sp³-hybridized carbons (Fsp3) is 0.389. The smallest absolute Gasteiger partial charge is 0.421 e. The molecule has 1 aliphatic heterocycles. The molecule has 1 saturated heterocycles. The van der Waals surface area contributed by atoms with Gasteiger partial charge in [0, 0.05) is 31.4 Å². The number of nitrogens with zero attached hydrogens (tertiary/aromatic N) is 3. The molecular weight excluding hydrogens is 465 g/mol. The van der Waals surface area contributed by atoms with Gasteiger partial charge in [0.15, 0.2) is 0 Å². The van der Waals surface area contributed by atoms with Gasteiger partial charge in [0.25, 0.3) is 0 Å². The lowest BCUT2D eigenvalue weighted by atomic mass is 10.1. The third-order valence-corrected chi connectivity index (χ3v) is 4.80. The maximum Gasteiger partial charge on any atom is 0.421 e. The lowest BCUT2D eigenvalue weighted by Gasteiger charge is -2.31. The van der Waals surface area contributed by atoms with Gasteiger partial charge in [-0.3, -0.25) is 4.79 Å². The topological polar surface area (TPSA) is 88.6 Å². The van der Waals surface area contributed by atoms with Gasteiger partial charge in [0.2, 0.25) is 12.4 Å². The number of hydrogen-bond donors (Lipinski definition) is 2. The van der Waals surface area contributed by atoms with Crippen molar-refractivity contribution in [3.63, 3.8) is 0 Å². The summed E-state index contributed by atoms with van der Waals surface area (Å²) in [7, 11) is 1.25. The third-order valence-electron chi connectivity index (χ3n) is 4.49. The highest BCUT2D eigenvalue weighted by atomic mass is 35.5. The molecule has 1 aromatic carbocycles. The van der Waals surface area contributed by atoms with Crippen LogP contribution in [-0.2, 0) is 15.7 Å². The van der Waals surface area contributed by atoms with E-state index < -0.39 is 30.3 Å². The zero-order valence-electron chi connectivity index (χ0n) is 16.4. The van der Waals surface area contributed by atoms with Gasteiger partial charge in [-0.1, -0.05) is 11.6 Å². The molecule has 1 aromatic heterocycles. The molecule has 0 spiro atoms. The number of hydrogen-bond acceptors (Lipinski definition) is 7. The van der Waals surface area contributed by atoms with Gasteiger partial charge < -0.3 is 25.0 Å². The summed E-state index contributed by atoms with van der Waals surface area (Å²) in [5.41, 5.74) is -0.893. The van der Waals surface area contributed by atoms with Gasteiger partial charge in [-0.2, -0.15) is 26.9 Å². The van der Waals surface area contributed by atoms with Crippen molar-refractivity contribution >= 4 is 35.5 Å². The Morgan fingerprint density at radius 3 is 2.75 bits per heavy atom. The number of ether oxygens (including phenoxy) is 2. The van der Waals surface area contributed by atoms with Gasteiger partial charge in [0.1, 0.15) is 23.2 Å². The minimum atomic E-state index is -4.68. The van der Waals surface area contributed by atoms with Crippen molar-refractivity contribution in [1.82, 2.24) is 14.9 Å². The molecule has 1 fully saturated rings. The molecule has 1 atom stereocenters. The highest BCUT2D eigenvalue weighted by Gasteiger charge is 2.35. The van der Waals surface area contributed by atoms with Crippen LogP contribution in [0.4, 0.5) is 39.4 Å². The van der Waals surface area contributed by atoms with Gasteiger partial charge in [-0.15, -0.1) is 0 Å². The van der Waals surface area contributed by atoms with Gasteiger partial charge in [-0.05, 0) is 6.07 Å². The van der Waals surface area contributed by atoms with Crippen molar-refractivity contribution in [3.05, 3.63) is 34.5 Å². The molecule has 0 saturated carbocycles. The Morgan fingerprint density at radius 1 is 1.38 bits per heavy atom. The van der Waals surface area contributed by atoms with E-state index >= 15 is 0 Å². The first-order valence-corrected chi connectivity index (χ1v) is 9.48. The first-order chi connectivity index (χ1) is 15.1. The van der Waals surface area contributed by atoms with Crippen molar-refractivity contribution < 1.29 is 36.2 Å². The van der Waals surface area contributed by atoms with Crippen molar-refractivity contribution in [3.8, 4) is 5.75 Å². The summed E-state index contributed by atoms with van der Waals surface area (Å²) in [4.78, 5) is 19.8. The van der Waals surface area contributed by atoms with Crippen molar-refractivity contribution in [2.45, 2.75) is 18.9 Å². The summed E-state index contributed by atoms with van der Waals surface area (Å²) < 4.78 is 75.2. The van der Waals surface area contributed by atoms with Crippen LogP contribution in [0.2, 0.25) is 5.02 Å². The number of morpholine rings is 1. The molecule has 1 amide bonds. The summed E-state index contributed by atoms with van der Waals surface area (Å²) in [6, 6.07) is 2.44. The molecule has 2 aromatic rings. The van der Waals surface area contributed by atoms with Crippen LogP contribution < -0.4 is 15.4 Å². The predicted octanol–water partition coefficient (Wildman–Crippen LogP) is 4.07. The maximum atomic E-state index is 13.0. The minimum absolute atomic E-state index is 0.0101. The quantitative estimate of drug-likeness (QED) is 0.455. The van der Waals surface area contributed by atoms with Crippen LogP contribution in [0.15, 0.2) is 18.3 Å². The summed E-state index contributed by atoms with van der Waals surface area (Å²) in [6.07, 6.45) is -4.26. The average molecular weight is 482 g/mol. The molecule has 2 heterocycles. The Balaban J connectivity index is 1.95. The Kier molecular flexibility index (Phi) is 7.19. The van der Waals surface area contributed by atoms with E-state index in [2.05, 4.69) is 25.3 Å². The Hall–Kier alpha value is -2.93. The molecule has 1 aliphatic rings. The standard InChI is InChI=1S/C18H17ClF5N5O3/c1-25-15-10(18(22,23)24)6-26-17(28-15)27-12-5-13(32-16(20)21)9(4-11(12)19)14-7-29(8-30)2-3-31-14/h4-6,8,14,16H,2-3,7H2,1H3,(H2,25,26,27,28). The van der Waals surface area contributed by atoms with Gasteiger partial charge >= 0.3 is 12.8 Å². The molecule has 8 nitrogen and oxygen atoms in total. The summed E-state index contributed by atoms with van der Waals surface area (Å²) >= 11 is 6.26. The number of amides is 1. The van der Waals surface area contributed by atoms with Crippen LogP contribution in [0.25, 0.3) is 0 Å². The average Bonchev–Trinajstić information content (AvgIpc) is 2.74. The molecule has 0 radical (unpaired) electrons. The van der Waals surface area contributed by atoms with E-state index in [1.54, 1.807) is 0 Å². The van der Waals surface area contributed by atoms with E-state index in [0.717, 1.165) is 6.07 Å². The van der Waals surface area contributed by atoms with E-state index in [4.69, 9.17) is 16.3 Å². The van der Waals surface area contributed by atoms with Crippen molar-refractivity contribution in [1.29, 1.82) is 0 Å². The van der Waals surface area contributed by atoms with Crippen LogP contribution in [0.5, 0.6) is 5.75 Å². The zero-order valence-corrected chi connectivity index (χ0v) is 17.2. The van der Waals surface area contributed by atoms with Crippen LogP contribution in [0, 0.1) is 0 Å². The second-order valence-corrected chi connectivity index (χ2v) is 6.94. The first kappa shape index (κ1) is 23.7. The van der Waals surface area contributed by atoms with Gasteiger partial charge in [0.05, 0.1) is 23.9 Å². The van der Waals surface area contributed by atoms with E-state index in [1.807, 2.05) is 0 Å². The maximum absolute atomic E-state index is 13.0. The number of carbonyl (C=O) groups is 1. The first-order valence-electron chi connectivity index (χ1n) is 9.10. The molecule has 32 heavy (non-hydrogen) atoms. The van der Waals surface area contributed by atoms with Crippen molar-refractivity contribution in [2.75, 3.05) is 37.4 Å². The number of carbonyl (C=O) groups excluding carboxylic acids is 1. The van der Waals surface area contributed by atoms with Crippen LogP contribution >= 0.6 is 11.6 Å². The number of benzene rings is 1. The SMILES string of the molecule is CNc1nc(Nc2cc(OC(F)F)c(C3CN(C=O)CCO3)cc2Cl)ncc1C(F)(F)F. The van der Waals surface area contributed by atoms with E-state index in [1.165, 1.54) is 18.0 Å². The number of nitrogens with one attached hydrogen (secondary N) is 2. The van der Waals surface area contributed by atoms with Gasteiger partial charge in [-0.25, -0.2) is 4.98 Å². The van der Waals surface area contributed by atoms with Crippen LogP contribution in [-0.4, -0.2) is 54.6 Å². The molecule has 174 valence electrons. The Labute approximate surface area is 183 Å². The molecule has 1 unspecified atom stereocenters. The third kappa shape index (κ3) is 5.46. The number of anilines is 3. The number of alkyl halides is 5. The van der Waals surface area contributed by atoms with Crippen LogP contribution in [0.1, 0.15) is 17.2 Å². The molecule has 3 rings (SSSR count). The summed E-state index contributed by atoms with van der Waals surface area (Å²) in [5, 5.41) is 4.94. The second-order valence-electron chi connectivity index (χ2n) is 6.54. The highest BCUT2D eigenvalue weighted by Crippen LogP contribution is 2.39. The fourth-order valence-electron chi connectivity index (χ4n) is 3.03. The number of rotatable bonds is 7. The van der Waals surface area contributed by atoms with E-state index in [9.17, 15) is 26.7 Å². The largest absolute Gasteiger partial charge is 0.434 e. The Bertz CT molecular complexity index is 979. The molecular formula is C18H17ClF5N5O3. The minimum Gasteiger partial charge on any atom is -0.434 e. The molecule has 0 bridgehead atoms. The highest BCUT2D eigenvalue weighted by molar-refractivity contribution is 6.33. The number of halogens is 6. The van der Waals surface area contributed by atoms with E-state index in [-0.39, 0.29) is 41.1 Å². The predicted molar refractivity (Wildman–Crippen MR) is 104 cm³/mol. The summed E-state index contributed by atoms with van der Waals surface area (Å²) in [6.45, 7) is -2.55. The second kappa shape index (κ2) is 9.69. The molecule has 2 N–H and O–H groups in total. The lowest BCUT2D eigenvalue weighted by Crippen LogP contribution is -2.37. The fourth-order valence-corrected chi connectivity index (χ4v) is 3.25. The monoisotopic (exact) mass is 481 g/mol. The van der Waals surface area contributed by atoms with E-state index in [0.29, 0.717) is 19.2 Å². The molecule has 0 aliphatic carbocycles. The normalized spacial score (nSPS) is 16.8. The number of aromatic nitrogens is 2. The Morgan fingerprint density at radius 2 is 2.12 bits per heavy atom. The summed E-state index contributed by atoms with van der Waals surface area (Å²) in [5.74, 6) is -1.04. The zero-order chi connectivity index (χ0) is 23.5.